The van der Waals surface area contributed by atoms with Gasteiger partial charge in [-0.2, -0.15) is 0 Å². The predicted octanol–water partition coefficient (Wildman–Crippen LogP) is 3.62. The topological polar surface area (TPSA) is 87.7 Å². The molecule has 1 aliphatic heterocycles. The minimum atomic E-state index is -0.395. The number of carbonyl (C=O) groups excluding carboxylic acids is 3. The van der Waals surface area contributed by atoms with Crippen LogP contribution in [0, 0.1) is 0 Å². The van der Waals surface area contributed by atoms with Gasteiger partial charge in [0.05, 0.1) is 23.9 Å². The fraction of sp³-hybridized carbons (Fsp3) is 0.0435. The molecule has 3 aromatic carbocycles. The Morgan fingerprint density at radius 2 is 1.58 bits per heavy atom. The molecule has 0 unspecified atom stereocenters. The molecular formula is C23H17N3O4S. The second-order valence-electron chi connectivity index (χ2n) is 6.68. The molecule has 2 N–H and O–H groups in total. The smallest absolute Gasteiger partial charge is 0.266 e. The zero-order chi connectivity index (χ0) is 22.0. The Hall–Kier alpha value is -4.04. The standard InChI is InChI=1S/C23H17N3O4S/c1-30-17-9-4-6-14(12-17)20(27)25-23(31)24-15-7-5-8-16(13-15)26-21(28)18-10-2-3-11-19(18)22(26)29/h2-13H,1H3,(H2,24,25,27,31). The molecule has 3 amide bonds. The molecule has 0 fully saturated rings. The third kappa shape index (κ3) is 4.01. The van der Waals surface area contributed by atoms with Crippen molar-refractivity contribution in [3.05, 3.63) is 89.5 Å². The van der Waals surface area contributed by atoms with Gasteiger partial charge in [0.15, 0.2) is 5.11 Å². The summed E-state index contributed by atoms with van der Waals surface area (Å²) < 4.78 is 5.12. The number of ether oxygens (including phenoxy) is 1. The van der Waals surface area contributed by atoms with Crippen LogP contribution in [-0.2, 0) is 0 Å². The van der Waals surface area contributed by atoms with Crippen molar-refractivity contribution < 1.29 is 19.1 Å². The van der Waals surface area contributed by atoms with E-state index in [9.17, 15) is 14.4 Å². The van der Waals surface area contributed by atoms with Gasteiger partial charge < -0.3 is 10.1 Å². The lowest BCUT2D eigenvalue weighted by Gasteiger charge is -2.16. The van der Waals surface area contributed by atoms with Gasteiger partial charge in [-0.3, -0.25) is 19.7 Å². The van der Waals surface area contributed by atoms with Crippen molar-refractivity contribution in [2.75, 3.05) is 17.3 Å². The van der Waals surface area contributed by atoms with E-state index in [0.29, 0.717) is 33.8 Å². The van der Waals surface area contributed by atoms with Crippen molar-refractivity contribution in [1.29, 1.82) is 0 Å². The number of rotatable bonds is 4. The average molecular weight is 431 g/mol. The minimum Gasteiger partial charge on any atom is -0.497 e. The highest BCUT2D eigenvalue weighted by molar-refractivity contribution is 7.80. The number of nitrogens with zero attached hydrogens (tertiary/aromatic N) is 1. The van der Waals surface area contributed by atoms with E-state index >= 15 is 0 Å². The van der Waals surface area contributed by atoms with E-state index in [1.165, 1.54) is 7.11 Å². The maximum atomic E-state index is 12.7. The van der Waals surface area contributed by atoms with Crippen LogP contribution in [0.1, 0.15) is 31.1 Å². The Bertz CT molecular complexity index is 1190. The molecule has 154 valence electrons. The molecule has 0 aliphatic carbocycles. The van der Waals surface area contributed by atoms with Gasteiger partial charge in [0.2, 0.25) is 0 Å². The summed E-state index contributed by atoms with van der Waals surface area (Å²) in [5.41, 5.74) is 2.05. The Kier molecular flexibility index (Phi) is 5.46. The summed E-state index contributed by atoms with van der Waals surface area (Å²) in [5.74, 6) is -0.605. The normalized spacial score (nSPS) is 12.4. The SMILES string of the molecule is COc1cccc(C(=O)NC(=S)Nc2cccc(N3C(=O)c4ccccc4C3=O)c2)c1. The first-order valence-corrected chi connectivity index (χ1v) is 9.73. The van der Waals surface area contributed by atoms with E-state index in [-0.39, 0.29) is 16.9 Å². The molecule has 0 radical (unpaired) electrons. The molecule has 7 nitrogen and oxygen atoms in total. The largest absolute Gasteiger partial charge is 0.497 e. The Balaban J connectivity index is 1.48. The number of anilines is 2. The number of fused-ring (bicyclic) bond motifs is 1. The fourth-order valence-corrected chi connectivity index (χ4v) is 3.46. The lowest BCUT2D eigenvalue weighted by molar-refractivity contribution is 0.0924. The van der Waals surface area contributed by atoms with Crippen LogP contribution in [0.5, 0.6) is 5.75 Å². The van der Waals surface area contributed by atoms with Gasteiger partial charge in [0.1, 0.15) is 5.75 Å². The van der Waals surface area contributed by atoms with Gasteiger partial charge in [0.25, 0.3) is 17.7 Å². The third-order valence-electron chi connectivity index (χ3n) is 4.72. The van der Waals surface area contributed by atoms with Crippen LogP contribution in [0.25, 0.3) is 0 Å². The molecule has 0 spiro atoms. The van der Waals surface area contributed by atoms with Crippen molar-refractivity contribution in [2.24, 2.45) is 0 Å². The zero-order valence-electron chi connectivity index (χ0n) is 16.4. The minimum absolute atomic E-state index is 0.0762. The molecule has 0 atom stereocenters. The number of hydrogen-bond donors (Lipinski definition) is 2. The molecule has 8 heteroatoms. The van der Waals surface area contributed by atoms with Crippen LogP contribution in [0.3, 0.4) is 0 Å². The first kappa shape index (κ1) is 20.2. The molecule has 1 heterocycles. The zero-order valence-corrected chi connectivity index (χ0v) is 17.2. The lowest BCUT2D eigenvalue weighted by atomic mass is 10.1. The first-order chi connectivity index (χ1) is 15.0. The van der Waals surface area contributed by atoms with Crippen LogP contribution in [0.15, 0.2) is 72.8 Å². The van der Waals surface area contributed by atoms with Crippen LogP contribution in [0.2, 0.25) is 0 Å². The van der Waals surface area contributed by atoms with Crippen LogP contribution < -0.4 is 20.3 Å². The lowest BCUT2D eigenvalue weighted by Crippen LogP contribution is -2.34. The van der Waals surface area contributed by atoms with Crippen molar-refractivity contribution in [1.82, 2.24) is 5.32 Å². The Morgan fingerprint density at radius 3 is 2.26 bits per heavy atom. The number of amides is 3. The van der Waals surface area contributed by atoms with Gasteiger partial charge >= 0.3 is 0 Å². The van der Waals surface area contributed by atoms with Crippen LogP contribution in [0.4, 0.5) is 11.4 Å². The number of nitrogens with one attached hydrogen (secondary N) is 2. The van der Waals surface area contributed by atoms with E-state index in [1.54, 1.807) is 72.8 Å². The van der Waals surface area contributed by atoms with Crippen molar-refractivity contribution in [2.45, 2.75) is 0 Å². The van der Waals surface area contributed by atoms with Crippen molar-refractivity contribution in [3.63, 3.8) is 0 Å². The van der Waals surface area contributed by atoms with Gasteiger partial charge in [-0.05, 0) is 60.7 Å². The van der Waals surface area contributed by atoms with Gasteiger partial charge in [-0.1, -0.05) is 24.3 Å². The van der Waals surface area contributed by atoms with E-state index in [0.717, 1.165) is 4.90 Å². The molecule has 31 heavy (non-hydrogen) atoms. The Morgan fingerprint density at radius 1 is 0.903 bits per heavy atom. The summed E-state index contributed by atoms with van der Waals surface area (Å²) >= 11 is 5.23. The molecule has 0 saturated heterocycles. The average Bonchev–Trinajstić information content (AvgIpc) is 3.04. The number of carbonyl (C=O) groups is 3. The van der Waals surface area contributed by atoms with Crippen molar-refractivity contribution in [3.8, 4) is 5.75 Å². The van der Waals surface area contributed by atoms with E-state index in [2.05, 4.69) is 10.6 Å². The van der Waals surface area contributed by atoms with E-state index in [1.807, 2.05) is 0 Å². The Labute approximate surface area is 183 Å². The second-order valence-corrected chi connectivity index (χ2v) is 7.09. The van der Waals surface area contributed by atoms with Crippen molar-refractivity contribution >= 4 is 46.4 Å². The van der Waals surface area contributed by atoms with Crippen LogP contribution in [-0.4, -0.2) is 29.9 Å². The summed E-state index contributed by atoms with van der Waals surface area (Å²) in [5, 5.41) is 5.58. The fourth-order valence-electron chi connectivity index (χ4n) is 3.25. The predicted molar refractivity (Wildman–Crippen MR) is 121 cm³/mol. The highest BCUT2D eigenvalue weighted by Crippen LogP contribution is 2.29. The maximum Gasteiger partial charge on any atom is 0.266 e. The number of thiocarbonyl (C=S) groups is 1. The maximum absolute atomic E-state index is 12.7. The highest BCUT2D eigenvalue weighted by Gasteiger charge is 2.36. The van der Waals surface area contributed by atoms with Gasteiger partial charge in [0, 0.05) is 11.3 Å². The number of methoxy groups -OCH3 is 1. The molecule has 3 aromatic rings. The summed E-state index contributed by atoms with van der Waals surface area (Å²) in [6.07, 6.45) is 0. The highest BCUT2D eigenvalue weighted by atomic mass is 32.1. The molecule has 4 rings (SSSR count). The summed E-state index contributed by atoms with van der Waals surface area (Å²) in [4.78, 5) is 38.9. The number of imide groups is 1. The summed E-state index contributed by atoms with van der Waals surface area (Å²) in [6.45, 7) is 0. The summed E-state index contributed by atoms with van der Waals surface area (Å²) in [7, 11) is 1.52. The first-order valence-electron chi connectivity index (χ1n) is 9.32. The van der Waals surface area contributed by atoms with Gasteiger partial charge in [-0.25, -0.2) is 4.90 Å². The molecule has 1 aliphatic rings. The summed E-state index contributed by atoms with van der Waals surface area (Å²) in [6, 6.07) is 20.0. The molecule has 0 bridgehead atoms. The van der Waals surface area contributed by atoms with E-state index < -0.39 is 5.91 Å². The second kappa shape index (κ2) is 8.37. The monoisotopic (exact) mass is 431 g/mol. The number of benzene rings is 3. The van der Waals surface area contributed by atoms with Gasteiger partial charge in [-0.15, -0.1) is 0 Å². The third-order valence-corrected chi connectivity index (χ3v) is 4.92. The molecular weight excluding hydrogens is 414 g/mol. The molecule has 0 aromatic heterocycles. The number of hydrogen-bond acceptors (Lipinski definition) is 5. The molecule has 0 saturated carbocycles. The van der Waals surface area contributed by atoms with E-state index in [4.69, 9.17) is 17.0 Å². The van der Waals surface area contributed by atoms with Crippen LogP contribution >= 0.6 is 12.2 Å². The quantitative estimate of drug-likeness (QED) is 0.485.